The van der Waals surface area contributed by atoms with Gasteiger partial charge < -0.3 is 20.7 Å². The number of nitrogens with one attached hydrogen (secondary N) is 3. The number of benzene rings is 2. The summed E-state index contributed by atoms with van der Waals surface area (Å²) < 4.78 is 30.8. The maximum Gasteiger partial charge on any atom is 0.341 e. The first-order valence-electron chi connectivity index (χ1n) is 8.36. The number of rotatable bonds is 8. The number of nitrogens with zero attached hydrogens (tertiary/aromatic N) is 1. The fourth-order valence-electron chi connectivity index (χ4n) is 2.25. The number of ether oxygens (including phenoxy) is 1. The Morgan fingerprint density at radius 1 is 1.07 bits per heavy atom. The molecule has 0 fully saturated rings. The number of hydrogen-bond donors (Lipinski definition) is 3. The van der Waals surface area contributed by atoms with E-state index in [0.717, 1.165) is 24.3 Å². The molecule has 0 radical (unpaired) electrons. The molecule has 2 rings (SSSR count). The summed E-state index contributed by atoms with van der Waals surface area (Å²) in [5, 5.41) is 17.9. The Bertz CT molecular complexity index is 999. The molecule has 0 heterocycles. The Kier molecular flexibility index (Phi) is 7.33. The molecule has 12 heteroatoms. The van der Waals surface area contributed by atoms with Crippen molar-refractivity contribution in [2.24, 2.45) is 0 Å². The summed E-state index contributed by atoms with van der Waals surface area (Å²) in [5.74, 6) is -4.75. The van der Waals surface area contributed by atoms with Gasteiger partial charge in [0, 0.05) is 36.6 Å². The molecule has 0 aromatic heterocycles. The minimum atomic E-state index is -1.15. The first-order chi connectivity index (χ1) is 14.2. The van der Waals surface area contributed by atoms with Crippen molar-refractivity contribution in [1.82, 2.24) is 5.32 Å². The zero-order chi connectivity index (χ0) is 22.3. The van der Waals surface area contributed by atoms with E-state index in [9.17, 15) is 33.3 Å². The summed E-state index contributed by atoms with van der Waals surface area (Å²) in [4.78, 5) is 45.8. The molecule has 0 aliphatic carbocycles. The van der Waals surface area contributed by atoms with E-state index in [1.807, 2.05) is 0 Å². The van der Waals surface area contributed by atoms with Crippen LogP contribution in [-0.2, 0) is 14.3 Å². The Labute approximate surface area is 168 Å². The molecule has 2 aromatic rings. The molecule has 10 nitrogen and oxygen atoms in total. The topological polar surface area (TPSA) is 140 Å². The van der Waals surface area contributed by atoms with Crippen molar-refractivity contribution >= 4 is 34.8 Å². The summed E-state index contributed by atoms with van der Waals surface area (Å²) in [6.07, 6.45) is 0. The highest BCUT2D eigenvalue weighted by atomic mass is 19.2. The number of amides is 2. The number of anilines is 2. The van der Waals surface area contributed by atoms with E-state index in [1.165, 1.54) is 19.2 Å². The average molecular weight is 422 g/mol. The molecule has 2 amide bonds. The third-order valence-corrected chi connectivity index (χ3v) is 3.69. The SMILES string of the molecule is CNc1ccc([N+](=O)[O-])cc1C(=O)OCC(=O)NCC(=O)Nc1ccc(F)c(F)c1. The predicted octanol–water partition coefficient (Wildman–Crippen LogP) is 1.83. The minimum Gasteiger partial charge on any atom is -0.452 e. The lowest BCUT2D eigenvalue weighted by atomic mass is 10.1. The van der Waals surface area contributed by atoms with Gasteiger partial charge in [-0.3, -0.25) is 19.7 Å². The maximum absolute atomic E-state index is 13.1. The number of hydrogen-bond acceptors (Lipinski definition) is 7. The van der Waals surface area contributed by atoms with Gasteiger partial charge in [0.15, 0.2) is 18.2 Å². The van der Waals surface area contributed by atoms with Crippen molar-refractivity contribution in [2.45, 2.75) is 0 Å². The number of nitro benzene ring substituents is 1. The maximum atomic E-state index is 13.1. The van der Waals surface area contributed by atoms with Crippen LogP contribution >= 0.6 is 0 Å². The third kappa shape index (κ3) is 5.95. The number of non-ortho nitro benzene ring substituents is 1. The van der Waals surface area contributed by atoms with Crippen LogP contribution in [0.4, 0.5) is 25.8 Å². The first kappa shape index (κ1) is 22.2. The Morgan fingerprint density at radius 3 is 2.43 bits per heavy atom. The molecule has 0 aliphatic heterocycles. The lowest BCUT2D eigenvalue weighted by Gasteiger charge is -2.10. The van der Waals surface area contributed by atoms with Gasteiger partial charge in [-0.2, -0.15) is 0 Å². The van der Waals surface area contributed by atoms with Crippen molar-refractivity contribution in [3.8, 4) is 0 Å². The molecule has 2 aromatic carbocycles. The highest BCUT2D eigenvalue weighted by molar-refractivity contribution is 5.98. The zero-order valence-electron chi connectivity index (χ0n) is 15.5. The number of carbonyl (C=O) groups excluding carboxylic acids is 3. The second kappa shape index (κ2) is 9.91. The molecule has 0 saturated heterocycles. The molecule has 158 valence electrons. The van der Waals surface area contributed by atoms with Crippen LogP contribution in [-0.4, -0.2) is 42.9 Å². The highest BCUT2D eigenvalue weighted by Crippen LogP contribution is 2.22. The quantitative estimate of drug-likeness (QED) is 0.335. The third-order valence-electron chi connectivity index (χ3n) is 3.69. The largest absolute Gasteiger partial charge is 0.452 e. The Morgan fingerprint density at radius 2 is 1.80 bits per heavy atom. The van der Waals surface area contributed by atoms with Crippen LogP contribution in [0.15, 0.2) is 36.4 Å². The van der Waals surface area contributed by atoms with E-state index in [1.54, 1.807) is 0 Å². The van der Waals surface area contributed by atoms with Gasteiger partial charge in [0.05, 0.1) is 17.0 Å². The summed E-state index contributed by atoms with van der Waals surface area (Å²) in [7, 11) is 1.50. The molecule has 0 saturated carbocycles. The highest BCUT2D eigenvalue weighted by Gasteiger charge is 2.18. The Balaban J connectivity index is 1.86. The van der Waals surface area contributed by atoms with Gasteiger partial charge in [0.2, 0.25) is 5.91 Å². The van der Waals surface area contributed by atoms with Crippen molar-refractivity contribution in [3.63, 3.8) is 0 Å². The lowest BCUT2D eigenvalue weighted by Crippen LogP contribution is -2.35. The van der Waals surface area contributed by atoms with Crippen LogP contribution in [0.5, 0.6) is 0 Å². The van der Waals surface area contributed by atoms with Gasteiger partial charge in [-0.15, -0.1) is 0 Å². The van der Waals surface area contributed by atoms with E-state index in [0.29, 0.717) is 0 Å². The number of nitro groups is 1. The van der Waals surface area contributed by atoms with Gasteiger partial charge >= 0.3 is 5.97 Å². The van der Waals surface area contributed by atoms with Crippen molar-refractivity contribution < 1.29 is 32.8 Å². The number of esters is 1. The van der Waals surface area contributed by atoms with Crippen LogP contribution in [0.2, 0.25) is 0 Å². The normalized spacial score (nSPS) is 10.1. The fraction of sp³-hybridized carbons (Fsp3) is 0.167. The lowest BCUT2D eigenvalue weighted by molar-refractivity contribution is -0.384. The molecular formula is C18H16F2N4O6. The van der Waals surface area contributed by atoms with Crippen LogP contribution in [0.25, 0.3) is 0 Å². The van der Waals surface area contributed by atoms with Crippen LogP contribution in [0, 0.1) is 21.7 Å². The second-order valence-electron chi connectivity index (χ2n) is 5.77. The zero-order valence-corrected chi connectivity index (χ0v) is 15.5. The monoisotopic (exact) mass is 422 g/mol. The molecule has 0 aliphatic rings. The standard InChI is InChI=1S/C18H16F2N4O6/c1-21-15-5-3-11(24(28)29)7-12(15)18(27)30-9-17(26)22-8-16(25)23-10-2-4-13(19)14(20)6-10/h2-7,21H,8-9H2,1H3,(H,22,26)(H,23,25). The van der Waals surface area contributed by atoms with Crippen LogP contribution in [0.1, 0.15) is 10.4 Å². The number of carbonyl (C=O) groups is 3. The van der Waals surface area contributed by atoms with Crippen molar-refractivity contribution in [1.29, 1.82) is 0 Å². The minimum absolute atomic E-state index is 0.00940. The van der Waals surface area contributed by atoms with Crippen LogP contribution in [0.3, 0.4) is 0 Å². The van der Waals surface area contributed by atoms with Gasteiger partial charge in [-0.1, -0.05) is 0 Å². The molecule has 0 atom stereocenters. The Hall–Kier alpha value is -4.09. The molecule has 3 N–H and O–H groups in total. The van der Waals surface area contributed by atoms with Crippen LogP contribution < -0.4 is 16.0 Å². The first-order valence-corrected chi connectivity index (χ1v) is 8.36. The second-order valence-corrected chi connectivity index (χ2v) is 5.77. The van der Waals surface area contributed by atoms with Gasteiger partial charge in [0.1, 0.15) is 0 Å². The fourth-order valence-corrected chi connectivity index (χ4v) is 2.25. The van der Waals surface area contributed by atoms with Crippen molar-refractivity contribution in [3.05, 3.63) is 63.7 Å². The predicted molar refractivity (Wildman–Crippen MR) is 101 cm³/mol. The van der Waals surface area contributed by atoms with Gasteiger partial charge in [-0.05, 0) is 18.2 Å². The van der Waals surface area contributed by atoms with E-state index in [2.05, 4.69) is 16.0 Å². The van der Waals surface area contributed by atoms with Gasteiger partial charge in [0.25, 0.3) is 11.6 Å². The number of halogens is 2. The molecule has 0 spiro atoms. The molecule has 0 unspecified atom stereocenters. The van der Waals surface area contributed by atoms with E-state index < -0.39 is 47.5 Å². The summed E-state index contributed by atoms with van der Waals surface area (Å²) in [6.45, 7) is -1.27. The average Bonchev–Trinajstić information content (AvgIpc) is 2.72. The molecule has 0 bridgehead atoms. The molecule has 30 heavy (non-hydrogen) atoms. The van der Waals surface area contributed by atoms with E-state index in [4.69, 9.17) is 4.74 Å². The summed E-state index contributed by atoms with van der Waals surface area (Å²) in [6, 6.07) is 6.25. The van der Waals surface area contributed by atoms with Gasteiger partial charge in [-0.25, -0.2) is 13.6 Å². The van der Waals surface area contributed by atoms with E-state index >= 15 is 0 Å². The summed E-state index contributed by atoms with van der Waals surface area (Å²) >= 11 is 0. The van der Waals surface area contributed by atoms with Crippen molar-refractivity contribution in [2.75, 3.05) is 30.8 Å². The smallest absolute Gasteiger partial charge is 0.341 e. The van der Waals surface area contributed by atoms with E-state index in [-0.39, 0.29) is 22.6 Å². The summed E-state index contributed by atoms with van der Waals surface area (Å²) in [5.41, 5.74) is -0.225. The molecular weight excluding hydrogens is 406 g/mol.